The van der Waals surface area contributed by atoms with E-state index in [4.69, 9.17) is 23.8 Å². The summed E-state index contributed by atoms with van der Waals surface area (Å²) in [4.78, 5) is 58.0. The summed E-state index contributed by atoms with van der Waals surface area (Å²) >= 11 is 0. The van der Waals surface area contributed by atoms with Crippen LogP contribution in [0, 0.1) is 23.7 Å². The van der Waals surface area contributed by atoms with Gasteiger partial charge in [0.05, 0.1) is 29.9 Å². The molecular formula is C42H64FN7O9. The highest BCUT2D eigenvalue weighted by atomic mass is 19.1. The third kappa shape index (κ3) is 9.80. The number of aryl methyl sites for hydroxylation is 1. The number of Topliss-reactive ketones (excluding diaryl/α,β-unsaturated/α-hetero) is 1. The second-order valence-corrected chi connectivity index (χ2v) is 17.1. The topological polar surface area (TPSA) is 179 Å². The standard InChI is InChI=1S/C42H64FN7O9/c1-12-32-42(8)36(50(40(54)59-42)46-17-14-18-49-22-30(45-23-49)29-15-13-16-44-21-29)27(5)33(47-55-11)24(2)19-25(3)35(28(6)37(52)41(7,43)39(53)57-32)58-38-34(51)31(48(9)10)20-26(4)56-38/h13,15-16,21-28,31-32,34-36,38,46,51H,12,14,17-20H2,1-11H3/b47-33+/t24-,25+,26-,27+,28-,31+,32-,34-,35+,36-,38+,41+,42-/m1/s1. The second kappa shape index (κ2) is 19.1. The maximum Gasteiger partial charge on any atom is 0.425 e. The Balaban J connectivity index is 1.46. The Labute approximate surface area is 347 Å². The summed E-state index contributed by atoms with van der Waals surface area (Å²) in [6.07, 6.45) is 3.41. The number of likely N-dealkylation sites (N-methyl/N-ethyl adjacent to an activating group) is 1. The summed E-state index contributed by atoms with van der Waals surface area (Å²) in [5.41, 5.74) is 0.917. The molecule has 5 rings (SSSR count). The zero-order chi connectivity index (χ0) is 43.4. The number of carbonyl (C=O) groups excluding carboxylic acids is 3. The van der Waals surface area contributed by atoms with Crippen LogP contribution in [0.15, 0.2) is 42.2 Å². The van der Waals surface area contributed by atoms with Crippen molar-refractivity contribution in [2.24, 2.45) is 28.8 Å². The van der Waals surface area contributed by atoms with Crippen molar-refractivity contribution >= 4 is 23.6 Å². The molecule has 3 aliphatic heterocycles. The highest BCUT2D eigenvalue weighted by Gasteiger charge is 2.61. The number of carbonyl (C=O) groups is 3. The van der Waals surface area contributed by atoms with E-state index in [-0.39, 0.29) is 24.5 Å². The number of cyclic esters (lactones) is 1. The van der Waals surface area contributed by atoms with E-state index in [0.29, 0.717) is 38.1 Å². The van der Waals surface area contributed by atoms with Crippen molar-refractivity contribution in [1.29, 1.82) is 0 Å². The van der Waals surface area contributed by atoms with Gasteiger partial charge in [-0.05, 0) is 84.5 Å². The Bertz CT molecular complexity index is 1780. The molecule has 2 aromatic rings. The van der Waals surface area contributed by atoms with Crippen LogP contribution in [0.4, 0.5) is 9.18 Å². The molecule has 59 heavy (non-hydrogen) atoms. The van der Waals surface area contributed by atoms with Crippen LogP contribution < -0.4 is 5.43 Å². The zero-order valence-corrected chi connectivity index (χ0v) is 36.3. The number of esters is 1. The van der Waals surface area contributed by atoms with Gasteiger partial charge in [-0.3, -0.25) is 9.78 Å². The first-order chi connectivity index (χ1) is 27.8. The van der Waals surface area contributed by atoms with E-state index >= 15 is 4.39 Å². The first kappa shape index (κ1) is 46.0. The van der Waals surface area contributed by atoms with Gasteiger partial charge in [0.2, 0.25) is 0 Å². The average molecular weight is 830 g/mol. The second-order valence-electron chi connectivity index (χ2n) is 17.1. The molecular weight excluding hydrogens is 765 g/mol. The van der Waals surface area contributed by atoms with Gasteiger partial charge in [0.15, 0.2) is 17.7 Å². The summed E-state index contributed by atoms with van der Waals surface area (Å²) in [7, 11) is 5.15. The van der Waals surface area contributed by atoms with Crippen LogP contribution in [-0.2, 0) is 39.9 Å². The minimum absolute atomic E-state index is 0.128. The van der Waals surface area contributed by atoms with Gasteiger partial charge in [-0.1, -0.05) is 39.8 Å². The number of amides is 1. The van der Waals surface area contributed by atoms with Crippen LogP contribution >= 0.6 is 0 Å². The smallest absolute Gasteiger partial charge is 0.425 e. The third-order valence-electron chi connectivity index (χ3n) is 12.3. The van der Waals surface area contributed by atoms with Gasteiger partial charge in [0, 0.05) is 55.1 Å². The van der Waals surface area contributed by atoms with Gasteiger partial charge in [-0.2, -0.15) is 0 Å². The molecule has 0 spiro atoms. The number of hydrogen-bond donors (Lipinski definition) is 2. The molecule has 328 valence electrons. The summed E-state index contributed by atoms with van der Waals surface area (Å²) in [5, 5.41) is 17.3. The lowest BCUT2D eigenvalue weighted by atomic mass is 9.74. The molecule has 16 nitrogen and oxygen atoms in total. The molecule has 0 aromatic carbocycles. The van der Waals surface area contributed by atoms with Gasteiger partial charge in [0.1, 0.15) is 25.4 Å². The highest BCUT2D eigenvalue weighted by molar-refractivity contribution is 6.07. The molecule has 13 atom stereocenters. The number of oxime groups is 1. The van der Waals surface area contributed by atoms with E-state index < -0.39 is 77.5 Å². The molecule has 0 aliphatic carbocycles. The summed E-state index contributed by atoms with van der Waals surface area (Å²) in [6.45, 7) is 14.4. The van der Waals surface area contributed by atoms with Crippen molar-refractivity contribution in [2.45, 2.75) is 142 Å². The summed E-state index contributed by atoms with van der Waals surface area (Å²) < 4.78 is 43.4. The maximum atomic E-state index is 16.8. The Kier molecular flexibility index (Phi) is 14.9. The fourth-order valence-electron chi connectivity index (χ4n) is 9.19. The lowest BCUT2D eigenvalue weighted by Crippen LogP contribution is -2.61. The Morgan fingerprint density at radius 2 is 1.85 bits per heavy atom. The fraction of sp³-hybridized carbons (Fsp3) is 0.714. The Hall–Kier alpha value is -4.03. The lowest BCUT2D eigenvalue weighted by molar-refractivity contribution is -0.278. The average Bonchev–Trinajstić information content (AvgIpc) is 3.77. The molecule has 5 heterocycles. The first-order valence-electron chi connectivity index (χ1n) is 20.7. The number of imidazole rings is 1. The third-order valence-corrected chi connectivity index (χ3v) is 12.3. The number of pyridine rings is 1. The molecule has 3 aliphatic rings. The molecule has 2 N–H and O–H groups in total. The minimum Gasteiger partial charge on any atom is -0.455 e. The number of fused-ring (bicyclic) bond motifs is 1. The molecule has 2 aromatic heterocycles. The van der Waals surface area contributed by atoms with Gasteiger partial charge in [-0.25, -0.2) is 29.4 Å². The minimum atomic E-state index is -3.10. The molecule has 3 fully saturated rings. The van der Waals surface area contributed by atoms with Crippen LogP contribution in [-0.4, -0.2) is 135 Å². The monoisotopic (exact) mass is 829 g/mol. The van der Waals surface area contributed by atoms with E-state index in [9.17, 15) is 19.5 Å². The predicted octanol–water partition coefficient (Wildman–Crippen LogP) is 4.80. The normalized spacial score (nSPS) is 36.9. The Morgan fingerprint density at radius 1 is 1.12 bits per heavy atom. The molecule has 0 unspecified atom stereocenters. The van der Waals surface area contributed by atoms with Gasteiger partial charge in [-0.15, -0.1) is 0 Å². The summed E-state index contributed by atoms with van der Waals surface area (Å²) in [6, 6.07) is 2.65. The van der Waals surface area contributed by atoms with E-state index in [0.717, 1.165) is 18.2 Å². The zero-order valence-electron chi connectivity index (χ0n) is 36.3. The van der Waals surface area contributed by atoms with Crippen LogP contribution in [0.3, 0.4) is 0 Å². The largest absolute Gasteiger partial charge is 0.455 e. The number of rotatable bonds is 11. The van der Waals surface area contributed by atoms with Crippen LogP contribution in [0.25, 0.3) is 11.3 Å². The molecule has 0 saturated carbocycles. The summed E-state index contributed by atoms with van der Waals surface area (Å²) in [5.74, 6) is -4.98. The van der Waals surface area contributed by atoms with Crippen molar-refractivity contribution in [1.82, 2.24) is 29.9 Å². The first-order valence-corrected chi connectivity index (χ1v) is 20.7. The van der Waals surface area contributed by atoms with E-state index in [1.807, 2.05) is 69.6 Å². The van der Waals surface area contributed by atoms with Crippen molar-refractivity contribution in [3.8, 4) is 11.3 Å². The number of hydrogen-bond acceptors (Lipinski definition) is 14. The van der Waals surface area contributed by atoms with E-state index in [2.05, 4.69) is 20.5 Å². The SMILES string of the molecule is CC[C@H]1OC(=O)[C@@](C)(F)C(=O)[C@H](C)[C@@H](O[C@@H]2O[C@H](C)C[C@H](N(C)C)[C@H]2O)[C@@H](C)C[C@@H](C)/C(=N\OC)[C@H](C)[C@H]2N(NCCCn3cnc(-c4cccnc4)c3)C(=O)O[C@]12C. The fourth-order valence-corrected chi connectivity index (χ4v) is 9.19. The molecule has 0 radical (unpaired) electrons. The van der Waals surface area contributed by atoms with Gasteiger partial charge >= 0.3 is 12.1 Å². The molecule has 0 bridgehead atoms. The lowest BCUT2D eigenvalue weighted by Gasteiger charge is -2.44. The van der Waals surface area contributed by atoms with Crippen LogP contribution in [0.5, 0.6) is 0 Å². The number of aliphatic hydroxyl groups excluding tert-OH is 1. The number of ketones is 1. The van der Waals surface area contributed by atoms with Crippen molar-refractivity contribution in [2.75, 3.05) is 27.7 Å². The number of aromatic nitrogens is 3. The van der Waals surface area contributed by atoms with Crippen LogP contribution in [0.2, 0.25) is 0 Å². The van der Waals surface area contributed by atoms with Crippen molar-refractivity contribution in [3.05, 3.63) is 37.1 Å². The molecule has 1 amide bonds. The maximum absolute atomic E-state index is 16.8. The predicted molar refractivity (Wildman–Crippen MR) is 216 cm³/mol. The van der Waals surface area contributed by atoms with Crippen LogP contribution in [0.1, 0.15) is 81.1 Å². The highest BCUT2D eigenvalue weighted by Crippen LogP contribution is 2.42. The van der Waals surface area contributed by atoms with Crippen molar-refractivity contribution in [3.63, 3.8) is 0 Å². The van der Waals surface area contributed by atoms with Gasteiger partial charge in [0.25, 0.3) is 5.67 Å². The van der Waals surface area contributed by atoms with E-state index in [1.54, 1.807) is 32.6 Å². The van der Waals surface area contributed by atoms with Gasteiger partial charge < -0.3 is 38.4 Å². The number of halogens is 1. The number of ether oxygens (including phenoxy) is 4. The van der Waals surface area contributed by atoms with Crippen molar-refractivity contribution < 1.29 is 47.7 Å². The molecule has 3 saturated heterocycles. The number of alkyl halides is 1. The number of nitrogens with zero attached hydrogens (tertiary/aromatic N) is 6. The molecule has 17 heteroatoms. The number of nitrogens with one attached hydrogen (secondary N) is 1. The number of aliphatic hydroxyl groups is 1. The van der Waals surface area contributed by atoms with E-state index in [1.165, 1.54) is 19.0 Å². The number of hydrazine groups is 1. The Morgan fingerprint density at radius 3 is 2.49 bits per heavy atom. The quantitative estimate of drug-likeness (QED) is 0.137.